The summed E-state index contributed by atoms with van der Waals surface area (Å²) in [6, 6.07) is 15.5. The summed E-state index contributed by atoms with van der Waals surface area (Å²) in [4.78, 5) is 11.8. The second-order valence-corrected chi connectivity index (χ2v) is 5.17. The summed E-state index contributed by atoms with van der Waals surface area (Å²) in [7, 11) is 1.40. The van der Waals surface area contributed by atoms with Crippen molar-refractivity contribution in [1.82, 2.24) is 0 Å². The molecular weight excluding hydrogens is 264 g/mol. The van der Waals surface area contributed by atoms with Gasteiger partial charge in [0.15, 0.2) is 0 Å². The van der Waals surface area contributed by atoms with Gasteiger partial charge < -0.3 is 9.47 Å². The van der Waals surface area contributed by atoms with Gasteiger partial charge in [0.2, 0.25) is 0 Å². The highest BCUT2D eigenvalue weighted by molar-refractivity contribution is 5.91. The lowest BCUT2D eigenvalue weighted by molar-refractivity contribution is 0.0599. The van der Waals surface area contributed by atoms with E-state index in [1.807, 2.05) is 50.2 Å². The number of hydrogen-bond acceptors (Lipinski definition) is 3. The highest BCUT2D eigenvalue weighted by Crippen LogP contribution is 2.26. The predicted molar refractivity (Wildman–Crippen MR) is 82.6 cm³/mol. The third-order valence-corrected chi connectivity index (χ3v) is 3.30. The average Bonchev–Trinajstić information content (AvgIpc) is 2.52. The number of carbonyl (C=O) groups excluding carboxylic acids is 1. The molecule has 0 fully saturated rings. The first-order valence-electron chi connectivity index (χ1n) is 7.00. The number of ether oxygens (including phenoxy) is 2. The molecule has 2 aromatic rings. The van der Waals surface area contributed by atoms with E-state index in [4.69, 9.17) is 9.47 Å². The minimum absolute atomic E-state index is 0.222. The molecule has 3 heteroatoms. The molecule has 0 saturated heterocycles. The molecule has 0 amide bonds. The molecule has 3 nitrogen and oxygen atoms in total. The van der Waals surface area contributed by atoms with Crippen LogP contribution in [0.5, 0.6) is 5.75 Å². The third kappa shape index (κ3) is 3.85. The molecule has 0 atom stereocenters. The van der Waals surface area contributed by atoms with Crippen molar-refractivity contribution in [3.63, 3.8) is 0 Å². The highest BCUT2D eigenvalue weighted by atomic mass is 16.5. The minimum Gasteiger partial charge on any atom is -0.489 e. The quantitative estimate of drug-likeness (QED) is 0.773. The second-order valence-electron chi connectivity index (χ2n) is 5.17. The first-order chi connectivity index (χ1) is 10.1. The van der Waals surface area contributed by atoms with Gasteiger partial charge in [-0.05, 0) is 35.2 Å². The zero-order chi connectivity index (χ0) is 15.2. The van der Waals surface area contributed by atoms with Gasteiger partial charge in [-0.3, -0.25) is 0 Å². The number of methoxy groups -OCH3 is 1. The summed E-state index contributed by atoms with van der Waals surface area (Å²) in [5, 5.41) is 0. The van der Waals surface area contributed by atoms with Crippen molar-refractivity contribution >= 4 is 5.97 Å². The van der Waals surface area contributed by atoms with Crippen LogP contribution in [-0.2, 0) is 11.3 Å². The monoisotopic (exact) mass is 284 g/mol. The minimum atomic E-state index is -0.312. The lowest BCUT2D eigenvalue weighted by atomic mass is 9.97. The first kappa shape index (κ1) is 15.1. The molecule has 0 aliphatic carbocycles. The Morgan fingerprint density at radius 1 is 1.10 bits per heavy atom. The molecule has 0 unspecified atom stereocenters. The molecule has 0 radical (unpaired) electrons. The Hall–Kier alpha value is -2.29. The molecule has 0 aromatic heterocycles. The molecule has 0 aliphatic heterocycles. The van der Waals surface area contributed by atoms with E-state index >= 15 is 0 Å². The van der Waals surface area contributed by atoms with Crippen molar-refractivity contribution in [1.29, 1.82) is 0 Å². The van der Waals surface area contributed by atoms with Crippen molar-refractivity contribution < 1.29 is 14.3 Å². The Labute approximate surface area is 125 Å². The van der Waals surface area contributed by atoms with E-state index in [2.05, 4.69) is 0 Å². The number of carbonyl (C=O) groups is 1. The van der Waals surface area contributed by atoms with Crippen LogP contribution in [0.3, 0.4) is 0 Å². The van der Waals surface area contributed by atoms with Crippen LogP contribution in [0.2, 0.25) is 0 Å². The van der Waals surface area contributed by atoms with Crippen LogP contribution in [0.25, 0.3) is 0 Å². The standard InChI is InChI=1S/C18H20O3/c1-13(2)17-11-15(9-10-16(17)18(19)20-3)21-12-14-7-5-4-6-8-14/h4-11,13H,12H2,1-3H3. The van der Waals surface area contributed by atoms with E-state index in [-0.39, 0.29) is 11.9 Å². The van der Waals surface area contributed by atoms with Gasteiger partial charge in [0, 0.05) is 0 Å². The Morgan fingerprint density at radius 3 is 2.43 bits per heavy atom. The molecule has 2 rings (SSSR count). The van der Waals surface area contributed by atoms with Gasteiger partial charge in [-0.1, -0.05) is 44.2 Å². The SMILES string of the molecule is COC(=O)c1ccc(OCc2ccccc2)cc1C(C)C. The summed E-state index contributed by atoms with van der Waals surface area (Å²) < 4.78 is 10.6. The topological polar surface area (TPSA) is 35.5 Å². The molecular formula is C18H20O3. The van der Waals surface area contributed by atoms with Crippen molar-refractivity contribution in [2.75, 3.05) is 7.11 Å². The summed E-state index contributed by atoms with van der Waals surface area (Å²) in [5.74, 6) is 0.669. The van der Waals surface area contributed by atoms with Crippen LogP contribution in [0.1, 0.15) is 41.3 Å². The van der Waals surface area contributed by atoms with Crippen LogP contribution < -0.4 is 4.74 Å². The van der Waals surface area contributed by atoms with Crippen LogP contribution in [0, 0.1) is 0 Å². The average molecular weight is 284 g/mol. The molecule has 0 saturated carbocycles. The fourth-order valence-electron chi connectivity index (χ4n) is 2.15. The largest absolute Gasteiger partial charge is 0.489 e. The first-order valence-corrected chi connectivity index (χ1v) is 7.00. The Kier molecular flexibility index (Phi) is 4.99. The normalized spacial score (nSPS) is 10.5. The van der Waals surface area contributed by atoms with Gasteiger partial charge in [-0.2, -0.15) is 0 Å². The lowest BCUT2D eigenvalue weighted by Gasteiger charge is -2.14. The predicted octanol–water partition coefficient (Wildman–Crippen LogP) is 4.18. The van der Waals surface area contributed by atoms with Gasteiger partial charge in [-0.15, -0.1) is 0 Å². The van der Waals surface area contributed by atoms with Crippen molar-refractivity contribution in [2.45, 2.75) is 26.4 Å². The number of rotatable bonds is 5. The van der Waals surface area contributed by atoms with E-state index in [0.29, 0.717) is 12.2 Å². The van der Waals surface area contributed by atoms with Crippen LogP contribution in [-0.4, -0.2) is 13.1 Å². The number of benzene rings is 2. The fourth-order valence-corrected chi connectivity index (χ4v) is 2.15. The maximum Gasteiger partial charge on any atom is 0.338 e. The van der Waals surface area contributed by atoms with E-state index in [1.165, 1.54) is 7.11 Å². The Balaban J connectivity index is 2.18. The van der Waals surface area contributed by atoms with E-state index in [9.17, 15) is 4.79 Å². The molecule has 0 spiro atoms. The van der Waals surface area contributed by atoms with Gasteiger partial charge in [0.1, 0.15) is 12.4 Å². The molecule has 0 N–H and O–H groups in total. The summed E-state index contributed by atoms with van der Waals surface area (Å²) in [5.41, 5.74) is 2.65. The third-order valence-electron chi connectivity index (χ3n) is 3.30. The van der Waals surface area contributed by atoms with Crippen molar-refractivity contribution in [2.24, 2.45) is 0 Å². The smallest absolute Gasteiger partial charge is 0.338 e. The summed E-state index contributed by atoms with van der Waals surface area (Å²) in [6.07, 6.45) is 0. The van der Waals surface area contributed by atoms with Gasteiger partial charge in [0.25, 0.3) is 0 Å². The summed E-state index contributed by atoms with van der Waals surface area (Å²) >= 11 is 0. The summed E-state index contributed by atoms with van der Waals surface area (Å²) in [6.45, 7) is 4.60. The molecule has 0 aliphatic rings. The maximum absolute atomic E-state index is 11.8. The zero-order valence-corrected chi connectivity index (χ0v) is 12.6. The molecule has 110 valence electrons. The van der Waals surface area contributed by atoms with E-state index in [1.54, 1.807) is 12.1 Å². The van der Waals surface area contributed by atoms with Gasteiger partial charge >= 0.3 is 5.97 Å². The van der Waals surface area contributed by atoms with Crippen LogP contribution >= 0.6 is 0 Å². The van der Waals surface area contributed by atoms with Crippen LogP contribution in [0.15, 0.2) is 48.5 Å². The zero-order valence-electron chi connectivity index (χ0n) is 12.6. The van der Waals surface area contributed by atoms with Gasteiger partial charge in [0.05, 0.1) is 12.7 Å². The molecule has 0 bridgehead atoms. The van der Waals surface area contributed by atoms with Gasteiger partial charge in [-0.25, -0.2) is 4.79 Å². The van der Waals surface area contributed by atoms with E-state index < -0.39 is 0 Å². The Morgan fingerprint density at radius 2 is 1.81 bits per heavy atom. The second kappa shape index (κ2) is 6.93. The molecule has 0 heterocycles. The highest BCUT2D eigenvalue weighted by Gasteiger charge is 2.15. The molecule has 2 aromatic carbocycles. The fraction of sp³-hybridized carbons (Fsp3) is 0.278. The number of hydrogen-bond donors (Lipinski definition) is 0. The van der Waals surface area contributed by atoms with Crippen LogP contribution in [0.4, 0.5) is 0 Å². The van der Waals surface area contributed by atoms with E-state index in [0.717, 1.165) is 16.9 Å². The maximum atomic E-state index is 11.8. The van der Waals surface area contributed by atoms with Crippen molar-refractivity contribution in [3.8, 4) is 5.75 Å². The Bertz CT molecular complexity index is 603. The number of esters is 1. The van der Waals surface area contributed by atoms with Crippen molar-refractivity contribution in [3.05, 3.63) is 65.2 Å². The lowest BCUT2D eigenvalue weighted by Crippen LogP contribution is -2.07. The molecule has 21 heavy (non-hydrogen) atoms.